The number of nitrogens with one attached hydrogen (secondary N) is 1. The summed E-state index contributed by atoms with van der Waals surface area (Å²) in [5.74, 6) is 0. The van der Waals surface area contributed by atoms with Crippen molar-refractivity contribution in [3.63, 3.8) is 0 Å². The predicted octanol–water partition coefficient (Wildman–Crippen LogP) is 1.87. The van der Waals surface area contributed by atoms with Crippen molar-refractivity contribution in [1.29, 1.82) is 0 Å². The second-order valence-electron chi connectivity index (χ2n) is 6.09. The summed E-state index contributed by atoms with van der Waals surface area (Å²) in [4.78, 5) is 28.2. The number of piperazine rings is 1. The fourth-order valence-electron chi connectivity index (χ4n) is 2.21. The maximum absolute atomic E-state index is 12.3. The summed E-state index contributed by atoms with van der Waals surface area (Å²) in [7, 11) is 0. The third-order valence-corrected chi connectivity index (χ3v) is 3.19. The Balaban J connectivity index is 2.19. The first-order valence-corrected chi connectivity index (χ1v) is 7.08. The molecule has 120 valence electrons. The van der Waals surface area contributed by atoms with E-state index in [1.54, 1.807) is 11.0 Å². The molecule has 1 fully saturated rings. The molecule has 1 aliphatic heterocycles. The van der Waals surface area contributed by atoms with E-state index in [4.69, 9.17) is 4.74 Å². The van der Waals surface area contributed by atoms with E-state index >= 15 is 0 Å². The maximum Gasteiger partial charge on any atom is 0.410 e. The molecule has 22 heavy (non-hydrogen) atoms. The number of nitrogens with zero attached hydrogens (tertiary/aromatic N) is 3. The first-order valence-electron chi connectivity index (χ1n) is 7.08. The van der Waals surface area contributed by atoms with Gasteiger partial charge in [-0.05, 0) is 26.8 Å². The molecule has 0 radical (unpaired) electrons. The number of pyridine rings is 1. The smallest absolute Gasteiger partial charge is 0.410 e. The Morgan fingerprint density at radius 2 is 2.23 bits per heavy atom. The molecule has 1 aromatic rings. The molecule has 8 nitrogen and oxygen atoms in total. The lowest BCUT2D eigenvalue weighted by Crippen LogP contribution is -2.50. The minimum absolute atomic E-state index is 0.0728. The van der Waals surface area contributed by atoms with Crippen molar-refractivity contribution in [2.45, 2.75) is 32.4 Å². The molecule has 0 spiro atoms. The number of aromatic nitrogens is 1. The summed E-state index contributed by atoms with van der Waals surface area (Å²) in [6.45, 7) is 7.13. The Kier molecular flexibility index (Phi) is 4.60. The maximum atomic E-state index is 12.3. The zero-order chi connectivity index (χ0) is 16.3. The van der Waals surface area contributed by atoms with E-state index in [1.807, 2.05) is 20.8 Å². The number of ether oxygens (including phenoxy) is 1. The summed E-state index contributed by atoms with van der Waals surface area (Å²) in [5.41, 5.74) is -0.0462. The van der Waals surface area contributed by atoms with Gasteiger partial charge < -0.3 is 10.1 Å². The standard InChI is InChI=1S/C14H20N4O4/c1-14(2,3)22-13(19)17-7-6-15-9-12(17)11-5-4-10(8-16-11)18(20)21/h4-5,8,12,15H,6-7,9H2,1-3H3. The minimum Gasteiger partial charge on any atom is -0.444 e. The van der Waals surface area contributed by atoms with Crippen LogP contribution in [-0.2, 0) is 4.74 Å². The minimum atomic E-state index is -0.574. The van der Waals surface area contributed by atoms with E-state index < -0.39 is 16.6 Å². The Morgan fingerprint density at radius 3 is 2.77 bits per heavy atom. The summed E-state index contributed by atoms with van der Waals surface area (Å²) < 4.78 is 5.41. The number of carbonyl (C=O) groups excluding carboxylic acids is 1. The lowest BCUT2D eigenvalue weighted by Gasteiger charge is -2.36. The highest BCUT2D eigenvalue weighted by molar-refractivity contribution is 5.69. The van der Waals surface area contributed by atoms with Gasteiger partial charge in [0, 0.05) is 25.7 Å². The van der Waals surface area contributed by atoms with E-state index in [2.05, 4.69) is 10.3 Å². The van der Waals surface area contributed by atoms with E-state index in [0.717, 1.165) is 0 Å². The second kappa shape index (κ2) is 6.27. The van der Waals surface area contributed by atoms with Gasteiger partial charge in [-0.2, -0.15) is 0 Å². The van der Waals surface area contributed by atoms with Gasteiger partial charge in [0.05, 0.1) is 16.7 Å². The van der Waals surface area contributed by atoms with Gasteiger partial charge in [-0.1, -0.05) is 0 Å². The van der Waals surface area contributed by atoms with Gasteiger partial charge in [-0.3, -0.25) is 20.0 Å². The highest BCUT2D eigenvalue weighted by atomic mass is 16.6. The van der Waals surface area contributed by atoms with Gasteiger partial charge in [0.25, 0.3) is 5.69 Å². The van der Waals surface area contributed by atoms with Crippen LogP contribution in [-0.4, -0.2) is 46.1 Å². The van der Waals surface area contributed by atoms with Crippen LogP contribution in [0.3, 0.4) is 0 Å². The van der Waals surface area contributed by atoms with E-state index in [9.17, 15) is 14.9 Å². The number of carbonyl (C=O) groups is 1. The average molecular weight is 308 g/mol. The van der Waals surface area contributed by atoms with E-state index in [0.29, 0.717) is 25.3 Å². The molecular weight excluding hydrogens is 288 g/mol. The van der Waals surface area contributed by atoms with Crippen molar-refractivity contribution < 1.29 is 14.5 Å². The van der Waals surface area contributed by atoms with Crippen LogP contribution >= 0.6 is 0 Å². The van der Waals surface area contributed by atoms with Crippen molar-refractivity contribution in [2.75, 3.05) is 19.6 Å². The lowest BCUT2D eigenvalue weighted by molar-refractivity contribution is -0.385. The zero-order valence-corrected chi connectivity index (χ0v) is 12.9. The Hall–Kier alpha value is -2.22. The van der Waals surface area contributed by atoms with Crippen LogP contribution in [0.15, 0.2) is 18.3 Å². The van der Waals surface area contributed by atoms with E-state index in [1.165, 1.54) is 12.3 Å². The van der Waals surface area contributed by atoms with Crippen LogP contribution in [0.5, 0.6) is 0 Å². The van der Waals surface area contributed by atoms with Crippen LogP contribution in [0, 0.1) is 10.1 Å². The third kappa shape index (κ3) is 3.91. The summed E-state index contributed by atoms with van der Waals surface area (Å²) in [5, 5.41) is 13.9. The summed E-state index contributed by atoms with van der Waals surface area (Å²) in [6.07, 6.45) is 0.802. The molecule has 1 aliphatic rings. The Labute approximate surface area is 128 Å². The quantitative estimate of drug-likeness (QED) is 0.661. The van der Waals surface area contributed by atoms with Gasteiger partial charge in [0.1, 0.15) is 11.8 Å². The molecule has 0 aromatic carbocycles. The van der Waals surface area contributed by atoms with Gasteiger partial charge in [-0.15, -0.1) is 0 Å². The molecule has 0 aliphatic carbocycles. The first kappa shape index (κ1) is 16.2. The van der Waals surface area contributed by atoms with Crippen LogP contribution in [0.25, 0.3) is 0 Å². The number of rotatable bonds is 2. The molecule has 1 unspecified atom stereocenters. The van der Waals surface area contributed by atoms with Crippen molar-refractivity contribution in [3.05, 3.63) is 34.1 Å². The van der Waals surface area contributed by atoms with Crippen LogP contribution in [0.4, 0.5) is 10.5 Å². The van der Waals surface area contributed by atoms with Crippen molar-refractivity contribution >= 4 is 11.8 Å². The molecule has 1 saturated heterocycles. The largest absolute Gasteiger partial charge is 0.444 e. The topological polar surface area (TPSA) is 97.6 Å². The van der Waals surface area contributed by atoms with Gasteiger partial charge in [-0.25, -0.2) is 4.79 Å². The summed E-state index contributed by atoms with van der Waals surface area (Å²) in [6, 6.07) is 2.67. The fraction of sp³-hybridized carbons (Fsp3) is 0.571. The number of hydrogen-bond donors (Lipinski definition) is 1. The number of nitro groups is 1. The van der Waals surface area contributed by atoms with E-state index in [-0.39, 0.29) is 11.7 Å². The molecule has 0 bridgehead atoms. The second-order valence-corrected chi connectivity index (χ2v) is 6.09. The number of hydrogen-bond acceptors (Lipinski definition) is 6. The van der Waals surface area contributed by atoms with Gasteiger partial charge >= 0.3 is 6.09 Å². The molecule has 8 heteroatoms. The van der Waals surface area contributed by atoms with Crippen molar-refractivity contribution in [3.8, 4) is 0 Å². The highest BCUT2D eigenvalue weighted by Gasteiger charge is 2.32. The van der Waals surface area contributed by atoms with Gasteiger partial charge in [0.2, 0.25) is 0 Å². The van der Waals surface area contributed by atoms with Crippen molar-refractivity contribution in [1.82, 2.24) is 15.2 Å². The molecule has 1 atom stereocenters. The zero-order valence-electron chi connectivity index (χ0n) is 12.9. The van der Waals surface area contributed by atoms with Crippen molar-refractivity contribution in [2.24, 2.45) is 0 Å². The highest BCUT2D eigenvalue weighted by Crippen LogP contribution is 2.24. The molecule has 2 heterocycles. The Morgan fingerprint density at radius 1 is 1.50 bits per heavy atom. The van der Waals surface area contributed by atoms with Gasteiger partial charge in [0.15, 0.2) is 0 Å². The lowest BCUT2D eigenvalue weighted by atomic mass is 10.1. The predicted molar refractivity (Wildman–Crippen MR) is 79.4 cm³/mol. The first-order chi connectivity index (χ1) is 10.3. The van der Waals surface area contributed by atoms with Crippen LogP contribution in [0.1, 0.15) is 32.5 Å². The molecular formula is C14H20N4O4. The fourth-order valence-corrected chi connectivity index (χ4v) is 2.21. The molecule has 1 N–H and O–H groups in total. The monoisotopic (exact) mass is 308 g/mol. The normalized spacial score (nSPS) is 18.9. The molecule has 1 amide bonds. The molecule has 0 saturated carbocycles. The van der Waals surface area contributed by atoms with Crippen LogP contribution in [0.2, 0.25) is 0 Å². The Bertz CT molecular complexity index is 553. The number of amides is 1. The molecule has 2 rings (SSSR count). The molecule has 1 aromatic heterocycles. The van der Waals surface area contributed by atoms with Crippen LogP contribution < -0.4 is 5.32 Å². The SMILES string of the molecule is CC(C)(C)OC(=O)N1CCNCC1c1ccc([N+](=O)[O-])cn1. The third-order valence-electron chi connectivity index (χ3n) is 3.19. The summed E-state index contributed by atoms with van der Waals surface area (Å²) >= 11 is 0. The average Bonchev–Trinajstić information content (AvgIpc) is 2.45.